The number of methoxy groups -OCH3 is 1. The van der Waals surface area contributed by atoms with Crippen molar-refractivity contribution in [3.8, 4) is 69.8 Å². The molecular formula is C43H27FO9. The molecule has 10 heteroatoms. The summed E-state index contributed by atoms with van der Waals surface area (Å²) in [6, 6.07) is 19.0. The Kier molecular flexibility index (Phi) is 13.0. The number of hydrogen-bond acceptors (Lipinski definition) is 9. The van der Waals surface area contributed by atoms with Gasteiger partial charge >= 0.3 is 23.9 Å². The van der Waals surface area contributed by atoms with Crippen molar-refractivity contribution >= 4 is 23.9 Å². The minimum atomic E-state index is -0.926. The van der Waals surface area contributed by atoms with E-state index in [1.807, 2.05) is 0 Å². The second kappa shape index (κ2) is 18.2. The van der Waals surface area contributed by atoms with Crippen LogP contribution in [0.5, 0.6) is 23.0 Å². The van der Waals surface area contributed by atoms with Gasteiger partial charge in [0.25, 0.3) is 0 Å². The Labute approximate surface area is 304 Å². The van der Waals surface area contributed by atoms with Gasteiger partial charge in [-0.25, -0.2) is 23.6 Å². The molecule has 0 aliphatic rings. The Morgan fingerprint density at radius 1 is 0.547 bits per heavy atom. The van der Waals surface area contributed by atoms with E-state index in [0.29, 0.717) is 22.4 Å². The molecule has 0 aliphatic heterocycles. The largest absolute Gasteiger partial charge is 0.492 e. The first-order valence-corrected chi connectivity index (χ1v) is 15.3. The molecule has 0 saturated heterocycles. The van der Waals surface area contributed by atoms with Crippen molar-refractivity contribution in [1.29, 1.82) is 0 Å². The normalized spacial score (nSPS) is 9.47. The van der Waals surface area contributed by atoms with Gasteiger partial charge in [-0.05, 0) is 72.1 Å². The molecule has 53 heavy (non-hydrogen) atoms. The highest BCUT2D eigenvalue weighted by Gasteiger charge is 2.27. The topological polar surface area (TPSA) is 114 Å². The predicted octanol–water partition coefficient (Wildman–Crippen LogP) is 6.61. The molecule has 0 spiro atoms. The molecule has 4 rings (SSSR count). The first-order chi connectivity index (χ1) is 25.6. The lowest BCUT2D eigenvalue weighted by molar-refractivity contribution is -0.131. The molecule has 0 saturated carbocycles. The Balaban J connectivity index is 1.84. The van der Waals surface area contributed by atoms with Crippen LogP contribution in [0, 0.1) is 41.5 Å². The quantitative estimate of drug-likeness (QED) is 0.0821. The molecule has 0 amide bonds. The number of carbonyl (C=O) groups is 4. The maximum Gasteiger partial charge on any atom is 0.344 e. The van der Waals surface area contributed by atoms with Gasteiger partial charge in [-0.15, -0.1) is 0 Å². The summed E-state index contributed by atoms with van der Waals surface area (Å²) in [5.41, 5.74) is 1.29. The van der Waals surface area contributed by atoms with Gasteiger partial charge in [0.1, 0.15) is 23.2 Å². The molecule has 0 radical (unpaired) electrons. The maximum atomic E-state index is 16.6. The monoisotopic (exact) mass is 706 g/mol. The van der Waals surface area contributed by atoms with E-state index in [9.17, 15) is 19.2 Å². The van der Waals surface area contributed by atoms with Gasteiger partial charge in [0.2, 0.25) is 0 Å². The standard InChI is InChI=1S/C43H27FO9/c1-6-36(45)50-27-26-34-40(31-19-12-28(13-20-31)10-11-29-14-21-32(22-15-29)51-37(46)7-2)41(44)43(49-5)35(42(34)53-39(48)9-4)25-18-30-16-23-33(24-17-30)52-38(47)8-3/h6-9,12-17,19-24H,1-4H2,5H3. The van der Waals surface area contributed by atoms with Gasteiger partial charge in [0.15, 0.2) is 17.3 Å². The third-order valence-corrected chi connectivity index (χ3v) is 6.75. The van der Waals surface area contributed by atoms with E-state index in [1.165, 1.54) is 19.2 Å². The van der Waals surface area contributed by atoms with Crippen LogP contribution in [-0.2, 0) is 23.9 Å². The smallest absolute Gasteiger partial charge is 0.344 e. The summed E-state index contributed by atoms with van der Waals surface area (Å²) in [4.78, 5) is 47.4. The highest BCUT2D eigenvalue weighted by molar-refractivity contribution is 5.88. The lowest BCUT2D eigenvalue weighted by Crippen LogP contribution is -2.10. The molecule has 0 aliphatic carbocycles. The van der Waals surface area contributed by atoms with Gasteiger partial charge in [-0.2, -0.15) is 0 Å². The molecule has 0 fully saturated rings. The van der Waals surface area contributed by atoms with Crippen LogP contribution < -0.4 is 18.9 Å². The van der Waals surface area contributed by atoms with E-state index in [4.69, 9.17) is 23.7 Å². The van der Waals surface area contributed by atoms with Crippen molar-refractivity contribution in [2.75, 3.05) is 7.11 Å². The van der Waals surface area contributed by atoms with Crippen LogP contribution in [0.3, 0.4) is 0 Å². The van der Waals surface area contributed by atoms with E-state index in [2.05, 4.69) is 62.0 Å². The summed E-state index contributed by atoms with van der Waals surface area (Å²) in [6.07, 6.45) is 6.05. The second-order valence-corrected chi connectivity index (χ2v) is 10.2. The van der Waals surface area contributed by atoms with Gasteiger partial charge in [0, 0.05) is 46.6 Å². The number of esters is 4. The highest BCUT2D eigenvalue weighted by Crippen LogP contribution is 2.42. The van der Waals surface area contributed by atoms with Crippen LogP contribution in [0.2, 0.25) is 0 Å². The number of halogens is 1. The zero-order valence-corrected chi connectivity index (χ0v) is 28.1. The van der Waals surface area contributed by atoms with Gasteiger partial charge < -0.3 is 23.7 Å². The minimum Gasteiger partial charge on any atom is -0.492 e. The van der Waals surface area contributed by atoms with E-state index in [1.54, 1.807) is 60.7 Å². The summed E-state index contributed by atoms with van der Waals surface area (Å²) >= 11 is 0. The van der Waals surface area contributed by atoms with Gasteiger partial charge in [0.05, 0.1) is 12.7 Å². The van der Waals surface area contributed by atoms with Crippen LogP contribution in [0.25, 0.3) is 11.1 Å². The lowest BCUT2D eigenvalue weighted by Gasteiger charge is -2.17. The molecule has 0 N–H and O–H groups in total. The van der Waals surface area contributed by atoms with Crippen molar-refractivity contribution in [2.45, 2.75) is 0 Å². The summed E-state index contributed by atoms with van der Waals surface area (Å²) in [5.74, 6) is 10.1. The van der Waals surface area contributed by atoms with Crippen molar-refractivity contribution < 1.29 is 47.3 Å². The molecule has 4 aromatic carbocycles. The third kappa shape index (κ3) is 10.1. The zero-order chi connectivity index (χ0) is 38.3. The highest BCUT2D eigenvalue weighted by atomic mass is 19.1. The molecule has 0 bridgehead atoms. The van der Waals surface area contributed by atoms with Crippen LogP contribution in [0.4, 0.5) is 4.39 Å². The number of ether oxygens (including phenoxy) is 5. The van der Waals surface area contributed by atoms with E-state index < -0.39 is 29.7 Å². The maximum absolute atomic E-state index is 16.6. The van der Waals surface area contributed by atoms with Crippen molar-refractivity contribution in [2.24, 2.45) is 0 Å². The molecule has 4 aromatic rings. The summed E-state index contributed by atoms with van der Waals surface area (Å²) in [7, 11) is 1.21. The van der Waals surface area contributed by atoms with Crippen molar-refractivity contribution in [3.63, 3.8) is 0 Å². The summed E-state index contributed by atoms with van der Waals surface area (Å²) in [6.45, 7) is 13.5. The molecule has 0 unspecified atom stereocenters. The molecule has 0 atom stereocenters. The molecule has 0 heterocycles. The zero-order valence-electron chi connectivity index (χ0n) is 28.1. The first-order valence-electron chi connectivity index (χ1n) is 15.3. The molecular weight excluding hydrogens is 679 g/mol. The molecule has 0 aromatic heterocycles. The fraction of sp³-hybridized carbons (Fsp3) is 0.0233. The van der Waals surface area contributed by atoms with E-state index >= 15 is 4.39 Å². The van der Waals surface area contributed by atoms with Crippen LogP contribution in [-0.4, -0.2) is 31.0 Å². The second-order valence-electron chi connectivity index (χ2n) is 10.2. The fourth-order valence-corrected chi connectivity index (χ4v) is 4.31. The minimum absolute atomic E-state index is 0.168. The van der Waals surface area contributed by atoms with E-state index in [-0.39, 0.29) is 39.5 Å². The van der Waals surface area contributed by atoms with Crippen molar-refractivity contribution in [3.05, 3.63) is 157 Å². The number of benzene rings is 4. The van der Waals surface area contributed by atoms with Crippen LogP contribution in [0.15, 0.2) is 123 Å². The number of rotatable bonds is 9. The summed E-state index contributed by atoms with van der Waals surface area (Å²) in [5, 5.41) is 0. The average molecular weight is 707 g/mol. The Hall–Kier alpha value is -7.87. The SMILES string of the molecule is C=CC(=O)OC#Cc1c(OC(=O)C=C)c(C#Cc2ccc(OC(=O)C=C)cc2)c(OC)c(F)c1-c1ccc(C#Cc2ccc(OC(=O)C=C)cc2)cc1. The van der Waals surface area contributed by atoms with E-state index in [0.717, 1.165) is 24.3 Å². The lowest BCUT2D eigenvalue weighted by atomic mass is 9.94. The summed E-state index contributed by atoms with van der Waals surface area (Å²) < 4.78 is 42.6. The van der Waals surface area contributed by atoms with Crippen LogP contribution in [0.1, 0.15) is 27.8 Å². The number of carbonyl (C=O) groups excluding carboxylic acids is 4. The predicted molar refractivity (Wildman–Crippen MR) is 194 cm³/mol. The molecule has 9 nitrogen and oxygen atoms in total. The average Bonchev–Trinajstić information content (AvgIpc) is 3.18. The Bertz CT molecular complexity index is 2320. The fourth-order valence-electron chi connectivity index (χ4n) is 4.31. The van der Waals surface area contributed by atoms with Crippen molar-refractivity contribution in [1.82, 2.24) is 0 Å². The number of hydrogen-bond donors (Lipinski definition) is 0. The first kappa shape index (κ1) is 37.9. The third-order valence-electron chi connectivity index (χ3n) is 6.75. The van der Waals surface area contributed by atoms with Gasteiger partial charge in [-0.1, -0.05) is 62.1 Å². The van der Waals surface area contributed by atoms with Crippen LogP contribution >= 0.6 is 0 Å². The Morgan fingerprint density at radius 2 is 0.981 bits per heavy atom. The van der Waals surface area contributed by atoms with Gasteiger partial charge in [-0.3, -0.25) is 0 Å². The molecule has 260 valence electrons. The Morgan fingerprint density at radius 3 is 1.43 bits per heavy atom.